The number of aliphatic hydroxyl groups excluding tert-OH is 1. The second-order valence-electron chi connectivity index (χ2n) is 5.73. The van der Waals surface area contributed by atoms with Gasteiger partial charge in [0.15, 0.2) is 0 Å². The molecule has 0 heterocycles. The fourth-order valence-corrected chi connectivity index (χ4v) is 2.51. The summed E-state index contributed by atoms with van der Waals surface area (Å²) >= 11 is 0. The fourth-order valence-electron chi connectivity index (χ4n) is 2.51. The maximum Gasteiger partial charge on any atom is 0.316 e. The van der Waals surface area contributed by atoms with E-state index in [-0.39, 0.29) is 11.7 Å². The van der Waals surface area contributed by atoms with Crippen molar-refractivity contribution in [1.29, 1.82) is 0 Å². The first-order chi connectivity index (χ1) is 11.5. The smallest absolute Gasteiger partial charge is 0.316 e. The van der Waals surface area contributed by atoms with Gasteiger partial charge in [-0.1, -0.05) is 48.6 Å². The van der Waals surface area contributed by atoms with Crippen molar-refractivity contribution in [1.82, 2.24) is 0 Å². The van der Waals surface area contributed by atoms with E-state index in [0.29, 0.717) is 6.42 Å². The number of aliphatic hydroxyl groups is 1. The van der Waals surface area contributed by atoms with E-state index in [9.17, 15) is 14.7 Å². The second-order valence-corrected chi connectivity index (χ2v) is 5.73. The Kier molecular flexibility index (Phi) is 8.72. The van der Waals surface area contributed by atoms with Crippen LogP contribution in [-0.2, 0) is 14.3 Å². The lowest BCUT2D eigenvalue weighted by Crippen LogP contribution is -2.22. The Morgan fingerprint density at radius 1 is 1.25 bits per heavy atom. The summed E-state index contributed by atoms with van der Waals surface area (Å²) in [7, 11) is 1.28. The minimum absolute atomic E-state index is 0.0544. The van der Waals surface area contributed by atoms with Gasteiger partial charge < -0.3 is 9.84 Å². The summed E-state index contributed by atoms with van der Waals surface area (Å²) in [6, 6.07) is 9.49. The lowest BCUT2D eigenvalue weighted by Gasteiger charge is -2.19. The van der Waals surface area contributed by atoms with Crippen LogP contribution in [0.25, 0.3) is 0 Å². The summed E-state index contributed by atoms with van der Waals surface area (Å²) in [5.41, 5.74) is 0.869. The van der Waals surface area contributed by atoms with Gasteiger partial charge in [0, 0.05) is 5.92 Å². The monoisotopic (exact) mass is 330 g/mol. The molecule has 1 aromatic carbocycles. The van der Waals surface area contributed by atoms with Gasteiger partial charge in [-0.3, -0.25) is 9.59 Å². The number of hydrogen-bond donors (Lipinski definition) is 1. The molecule has 0 aromatic heterocycles. The minimum atomic E-state index is -0.739. The summed E-state index contributed by atoms with van der Waals surface area (Å²) in [6.07, 6.45) is 6.72. The van der Waals surface area contributed by atoms with E-state index in [1.807, 2.05) is 42.5 Å². The number of rotatable bonds is 10. The van der Waals surface area contributed by atoms with Crippen LogP contribution < -0.4 is 0 Å². The highest BCUT2D eigenvalue weighted by molar-refractivity contribution is 5.97. The number of esters is 1. The van der Waals surface area contributed by atoms with Gasteiger partial charge in [0.2, 0.25) is 0 Å². The van der Waals surface area contributed by atoms with Gasteiger partial charge in [-0.25, -0.2) is 0 Å². The van der Waals surface area contributed by atoms with E-state index in [2.05, 4.69) is 11.3 Å². The van der Waals surface area contributed by atoms with Crippen molar-refractivity contribution < 1.29 is 19.4 Å². The van der Waals surface area contributed by atoms with Gasteiger partial charge in [-0.15, -0.1) is 6.58 Å². The van der Waals surface area contributed by atoms with Crippen LogP contribution in [0.4, 0.5) is 0 Å². The number of carbonyl (C=O) groups excluding carboxylic acids is 2. The van der Waals surface area contributed by atoms with Crippen molar-refractivity contribution in [2.75, 3.05) is 7.11 Å². The molecule has 0 aliphatic rings. The minimum Gasteiger partial charge on any atom is -0.468 e. The molecule has 0 bridgehead atoms. The summed E-state index contributed by atoms with van der Waals surface area (Å²) < 4.78 is 4.63. The Balaban J connectivity index is 2.50. The molecule has 1 aromatic rings. The molecule has 130 valence electrons. The van der Waals surface area contributed by atoms with Crippen molar-refractivity contribution in [3.63, 3.8) is 0 Å². The molecule has 1 N–H and O–H groups in total. The van der Waals surface area contributed by atoms with Crippen molar-refractivity contribution in [3.8, 4) is 0 Å². The Hall–Kier alpha value is -2.20. The maximum atomic E-state index is 11.5. The standard InChI is InChI=1S/C20H26O4/c1-4-16(19(22)17-12-8-5-9-13-17)11-7-6-10-14-18(15(2)21)20(23)24-3/h4-6,8-10,12-13,16,18-19,22H,1,7,11,14H2,2-3H3/b10-6+. The fraction of sp³-hybridized carbons (Fsp3) is 0.400. The molecule has 24 heavy (non-hydrogen) atoms. The van der Waals surface area contributed by atoms with Crippen LogP contribution in [0.1, 0.15) is 37.9 Å². The first kappa shape index (κ1) is 19.8. The lowest BCUT2D eigenvalue weighted by molar-refractivity contribution is -0.148. The van der Waals surface area contributed by atoms with Crippen LogP contribution in [0.5, 0.6) is 0 Å². The molecule has 0 aliphatic carbocycles. The molecule has 1 rings (SSSR count). The van der Waals surface area contributed by atoms with Crippen LogP contribution in [0, 0.1) is 11.8 Å². The zero-order valence-electron chi connectivity index (χ0n) is 14.4. The predicted octanol–water partition coefficient (Wildman–Crippen LogP) is 3.63. The van der Waals surface area contributed by atoms with Gasteiger partial charge >= 0.3 is 5.97 Å². The first-order valence-electron chi connectivity index (χ1n) is 8.10. The zero-order chi connectivity index (χ0) is 17.9. The molecule has 0 saturated heterocycles. The van der Waals surface area contributed by atoms with Gasteiger partial charge in [0.05, 0.1) is 13.2 Å². The normalized spacial score (nSPS) is 14.8. The van der Waals surface area contributed by atoms with E-state index in [4.69, 9.17) is 0 Å². The SMILES string of the molecule is C=CC(CC/C=C/CC(C(C)=O)C(=O)OC)C(O)c1ccccc1. The molecule has 4 nitrogen and oxygen atoms in total. The van der Waals surface area contributed by atoms with E-state index in [1.54, 1.807) is 6.08 Å². The lowest BCUT2D eigenvalue weighted by atomic mass is 9.91. The number of carbonyl (C=O) groups is 2. The second kappa shape index (κ2) is 10.6. The Morgan fingerprint density at radius 3 is 2.46 bits per heavy atom. The van der Waals surface area contributed by atoms with Crippen LogP contribution in [0.15, 0.2) is 55.1 Å². The summed E-state index contributed by atoms with van der Waals surface area (Å²) in [4.78, 5) is 22.9. The average Bonchev–Trinajstić information content (AvgIpc) is 2.60. The van der Waals surface area contributed by atoms with Crippen LogP contribution in [0.3, 0.4) is 0 Å². The highest BCUT2D eigenvalue weighted by Crippen LogP contribution is 2.26. The summed E-state index contributed by atoms with van der Waals surface area (Å²) in [5.74, 6) is -1.50. The molecular formula is C20H26O4. The molecule has 3 atom stereocenters. The van der Waals surface area contributed by atoms with Crippen molar-refractivity contribution >= 4 is 11.8 Å². The number of hydrogen-bond acceptors (Lipinski definition) is 4. The third-order valence-electron chi connectivity index (χ3n) is 4.03. The quantitative estimate of drug-likeness (QED) is 0.404. The molecule has 0 amide bonds. The number of methoxy groups -OCH3 is 1. The molecule has 0 aliphatic heterocycles. The summed E-state index contributed by atoms with van der Waals surface area (Å²) in [5, 5.41) is 10.4. The van der Waals surface area contributed by atoms with Gasteiger partial charge in [0.25, 0.3) is 0 Å². The molecule has 3 unspecified atom stereocenters. The molecule has 0 spiro atoms. The maximum absolute atomic E-state index is 11.5. The van der Waals surface area contributed by atoms with Gasteiger partial charge in [0.1, 0.15) is 11.7 Å². The van der Waals surface area contributed by atoms with E-state index in [1.165, 1.54) is 14.0 Å². The van der Waals surface area contributed by atoms with Crippen LogP contribution >= 0.6 is 0 Å². The Morgan fingerprint density at radius 2 is 1.92 bits per heavy atom. The summed E-state index contributed by atoms with van der Waals surface area (Å²) in [6.45, 7) is 5.19. The number of ketones is 1. The van der Waals surface area contributed by atoms with E-state index < -0.39 is 18.0 Å². The molecule has 0 radical (unpaired) electrons. The third-order valence-corrected chi connectivity index (χ3v) is 4.03. The van der Waals surface area contributed by atoms with E-state index >= 15 is 0 Å². The predicted molar refractivity (Wildman–Crippen MR) is 94.3 cm³/mol. The van der Waals surface area contributed by atoms with Gasteiger partial charge in [-0.2, -0.15) is 0 Å². The third kappa shape index (κ3) is 6.13. The number of Topliss-reactive ketones (excluding diaryl/α,β-unsaturated/α-hetero) is 1. The van der Waals surface area contributed by atoms with E-state index in [0.717, 1.165) is 18.4 Å². The Bertz CT molecular complexity index is 562. The molecule has 0 fully saturated rings. The van der Waals surface area contributed by atoms with Gasteiger partial charge in [-0.05, 0) is 31.7 Å². The number of allylic oxidation sites excluding steroid dienone is 2. The molecular weight excluding hydrogens is 304 g/mol. The molecule has 4 heteroatoms. The zero-order valence-corrected chi connectivity index (χ0v) is 14.4. The highest BCUT2D eigenvalue weighted by atomic mass is 16.5. The van der Waals surface area contributed by atoms with Crippen molar-refractivity contribution in [3.05, 3.63) is 60.7 Å². The van der Waals surface area contributed by atoms with Crippen molar-refractivity contribution in [2.45, 2.75) is 32.3 Å². The molecule has 0 saturated carbocycles. The number of benzene rings is 1. The topological polar surface area (TPSA) is 63.6 Å². The largest absolute Gasteiger partial charge is 0.468 e. The average molecular weight is 330 g/mol. The van der Waals surface area contributed by atoms with Crippen LogP contribution in [0.2, 0.25) is 0 Å². The van der Waals surface area contributed by atoms with Crippen molar-refractivity contribution in [2.24, 2.45) is 11.8 Å². The Labute approximate surface area is 143 Å². The highest BCUT2D eigenvalue weighted by Gasteiger charge is 2.22. The number of ether oxygens (including phenoxy) is 1. The van der Waals surface area contributed by atoms with Crippen LogP contribution in [-0.4, -0.2) is 24.0 Å². The first-order valence-corrected chi connectivity index (χ1v) is 8.10.